The molecule has 1 fully saturated rings. The molecule has 1 aliphatic carbocycles. The Morgan fingerprint density at radius 2 is 2.27 bits per heavy atom. The molecule has 2 N–H and O–H groups in total. The summed E-state index contributed by atoms with van der Waals surface area (Å²) in [6, 6.07) is 0. The van der Waals surface area contributed by atoms with Gasteiger partial charge in [-0.2, -0.15) is 0 Å². The van der Waals surface area contributed by atoms with Gasteiger partial charge in [-0.05, 0) is 12.3 Å². The summed E-state index contributed by atoms with van der Waals surface area (Å²) >= 11 is 0. The normalized spacial score (nSPS) is 16.5. The minimum absolute atomic E-state index is 0.0950. The number of rotatable bonds is 5. The van der Waals surface area contributed by atoms with Crippen LogP contribution in [0, 0.1) is 5.92 Å². The van der Waals surface area contributed by atoms with E-state index >= 15 is 0 Å². The second kappa shape index (κ2) is 4.34. The van der Waals surface area contributed by atoms with Crippen LogP contribution in [0.4, 0.5) is 0 Å². The Kier molecular flexibility index (Phi) is 3.36. The fraction of sp³-hybridized carbons (Fsp3) is 0.875. The smallest absolute Gasteiger partial charge is 0.305 e. The van der Waals surface area contributed by atoms with E-state index in [9.17, 15) is 4.79 Å². The van der Waals surface area contributed by atoms with Crippen molar-refractivity contribution in [2.45, 2.75) is 25.7 Å². The summed E-state index contributed by atoms with van der Waals surface area (Å²) in [5, 5.41) is 0. The zero-order valence-electron chi connectivity index (χ0n) is 6.71. The molecule has 3 nitrogen and oxygen atoms in total. The maximum atomic E-state index is 10.9. The summed E-state index contributed by atoms with van der Waals surface area (Å²) in [6.45, 7) is 0.790. The zero-order valence-corrected chi connectivity index (χ0v) is 6.71. The van der Waals surface area contributed by atoms with Crippen LogP contribution in [0.15, 0.2) is 0 Å². The molecule has 0 saturated heterocycles. The van der Waals surface area contributed by atoms with E-state index < -0.39 is 0 Å². The molecule has 0 spiro atoms. The minimum Gasteiger partial charge on any atom is -0.464 e. The molecule has 0 radical (unpaired) electrons. The molecule has 0 heterocycles. The summed E-state index contributed by atoms with van der Waals surface area (Å²) < 4.78 is 4.81. The molecule has 0 amide bonds. The van der Waals surface area contributed by atoms with E-state index in [0.29, 0.717) is 19.6 Å². The average molecular weight is 157 g/mol. The highest BCUT2D eigenvalue weighted by atomic mass is 16.5. The third-order valence-corrected chi connectivity index (χ3v) is 1.83. The van der Waals surface area contributed by atoms with Gasteiger partial charge in [0.2, 0.25) is 0 Å². The number of ether oxygens (including phenoxy) is 1. The van der Waals surface area contributed by atoms with E-state index in [-0.39, 0.29) is 5.97 Å². The summed E-state index contributed by atoms with van der Waals surface area (Å²) in [6.07, 6.45) is 4.17. The molecule has 0 aromatic rings. The van der Waals surface area contributed by atoms with Crippen molar-refractivity contribution < 1.29 is 9.53 Å². The first-order valence-electron chi connectivity index (χ1n) is 4.18. The van der Waals surface area contributed by atoms with Crippen LogP contribution in [0.1, 0.15) is 25.7 Å². The monoisotopic (exact) mass is 157 g/mol. The average Bonchev–Trinajstić information content (AvgIpc) is 2.80. The van der Waals surface area contributed by atoms with E-state index in [1.807, 2.05) is 0 Å². The molecule has 0 aromatic heterocycles. The summed E-state index contributed by atoms with van der Waals surface area (Å²) in [4.78, 5) is 10.9. The van der Waals surface area contributed by atoms with Gasteiger partial charge in [-0.3, -0.25) is 4.79 Å². The lowest BCUT2D eigenvalue weighted by atomic mass is 10.2. The maximum absolute atomic E-state index is 10.9. The molecule has 0 aromatic carbocycles. The Bertz CT molecular complexity index is 132. The van der Waals surface area contributed by atoms with Crippen molar-refractivity contribution in [3.63, 3.8) is 0 Å². The van der Waals surface area contributed by atoms with Crippen LogP contribution >= 0.6 is 0 Å². The molecule has 0 unspecified atom stereocenters. The van der Waals surface area contributed by atoms with Crippen LogP contribution in [0.2, 0.25) is 0 Å². The van der Waals surface area contributed by atoms with Gasteiger partial charge in [0.15, 0.2) is 0 Å². The van der Waals surface area contributed by atoms with E-state index in [4.69, 9.17) is 10.5 Å². The minimum atomic E-state index is -0.0950. The highest BCUT2D eigenvalue weighted by molar-refractivity contribution is 5.69. The molecule has 11 heavy (non-hydrogen) atoms. The molecule has 0 bridgehead atoms. The van der Waals surface area contributed by atoms with Gasteiger partial charge in [0.05, 0.1) is 0 Å². The van der Waals surface area contributed by atoms with Gasteiger partial charge in [-0.1, -0.05) is 12.8 Å². The van der Waals surface area contributed by atoms with E-state index in [2.05, 4.69) is 0 Å². The number of carbonyl (C=O) groups excluding carboxylic acids is 1. The second-order valence-corrected chi connectivity index (χ2v) is 2.99. The molecule has 64 valence electrons. The predicted molar refractivity (Wildman–Crippen MR) is 42.0 cm³/mol. The van der Waals surface area contributed by atoms with Gasteiger partial charge >= 0.3 is 5.97 Å². The van der Waals surface area contributed by atoms with Crippen LogP contribution in [0.3, 0.4) is 0 Å². The van der Waals surface area contributed by atoms with Gasteiger partial charge in [-0.15, -0.1) is 0 Å². The Morgan fingerprint density at radius 1 is 1.55 bits per heavy atom. The number of hydrogen-bond donors (Lipinski definition) is 1. The highest BCUT2D eigenvalue weighted by Gasteiger charge is 2.21. The Morgan fingerprint density at radius 3 is 2.82 bits per heavy atom. The fourth-order valence-corrected chi connectivity index (χ4v) is 0.973. The summed E-state index contributed by atoms with van der Waals surface area (Å²) in [7, 11) is 0. The number of hydrogen-bond acceptors (Lipinski definition) is 3. The van der Waals surface area contributed by atoms with E-state index in [1.165, 1.54) is 12.8 Å². The largest absolute Gasteiger partial charge is 0.464 e. The van der Waals surface area contributed by atoms with Gasteiger partial charge in [0.1, 0.15) is 6.61 Å². The molecule has 1 saturated carbocycles. The quantitative estimate of drug-likeness (QED) is 0.597. The molecule has 0 atom stereocenters. The number of esters is 1. The van der Waals surface area contributed by atoms with Crippen LogP contribution in [0.5, 0.6) is 0 Å². The van der Waals surface area contributed by atoms with Gasteiger partial charge in [-0.25, -0.2) is 0 Å². The topological polar surface area (TPSA) is 52.3 Å². The van der Waals surface area contributed by atoms with Gasteiger partial charge < -0.3 is 10.5 Å². The third-order valence-electron chi connectivity index (χ3n) is 1.83. The number of carbonyl (C=O) groups is 1. The third kappa shape index (κ3) is 3.98. The molecule has 3 heteroatoms. The molecular weight excluding hydrogens is 142 g/mol. The molecule has 1 rings (SSSR count). The fourth-order valence-electron chi connectivity index (χ4n) is 0.973. The molecule has 1 aliphatic rings. The Labute approximate surface area is 66.9 Å². The van der Waals surface area contributed by atoms with Crippen molar-refractivity contribution in [2.24, 2.45) is 11.7 Å². The van der Waals surface area contributed by atoms with E-state index in [0.717, 1.165) is 12.3 Å². The maximum Gasteiger partial charge on any atom is 0.305 e. The first kappa shape index (κ1) is 8.53. The lowest BCUT2D eigenvalue weighted by molar-refractivity contribution is -0.143. The van der Waals surface area contributed by atoms with Crippen LogP contribution in [0.25, 0.3) is 0 Å². The standard InChI is InChI=1S/C8H15NO2/c9-5-6-11-8(10)4-3-7-1-2-7/h7H,1-6,9H2. The van der Waals surface area contributed by atoms with Gasteiger partial charge in [0.25, 0.3) is 0 Å². The molecule has 0 aliphatic heterocycles. The zero-order chi connectivity index (χ0) is 8.10. The van der Waals surface area contributed by atoms with Crippen molar-refractivity contribution in [1.29, 1.82) is 0 Å². The first-order chi connectivity index (χ1) is 5.33. The van der Waals surface area contributed by atoms with Crippen molar-refractivity contribution in [3.8, 4) is 0 Å². The second-order valence-electron chi connectivity index (χ2n) is 2.99. The Balaban J connectivity index is 1.91. The lowest BCUT2D eigenvalue weighted by Crippen LogP contribution is -2.13. The van der Waals surface area contributed by atoms with Gasteiger partial charge in [0, 0.05) is 13.0 Å². The summed E-state index contributed by atoms with van der Waals surface area (Å²) in [5.74, 6) is 0.711. The molecular formula is C8H15NO2. The predicted octanol–water partition coefficient (Wildman–Crippen LogP) is 0.678. The van der Waals surface area contributed by atoms with Crippen molar-refractivity contribution in [1.82, 2.24) is 0 Å². The van der Waals surface area contributed by atoms with Crippen molar-refractivity contribution in [3.05, 3.63) is 0 Å². The first-order valence-corrected chi connectivity index (χ1v) is 4.18. The van der Waals surface area contributed by atoms with Crippen molar-refractivity contribution >= 4 is 5.97 Å². The van der Waals surface area contributed by atoms with E-state index in [1.54, 1.807) is 0 Å². The Hall–Kier alpha value is -0.570. The highest BCUT2D eigenvalue weighted by Crippen LogP contribution is 2.33. The van der Waals surface area contributed by atoms with Crippen LogP contribution < -0.4 is 5.73 Å². The number of nitrogens with two attached hydrogens (primary N) is 1. The van der Waals surface area contributed by atoms with Crippen LogP contribution in [-0.2, 0) is 9.53 Å². The summed E-state index contributed by atoms with van der Waals surface area (Å²) in [5.41, 5.74) is 5.17. The van der Waals surface area contributed by atoms with Crippen molar-refractivity contribution in [2.75, 3.05) is 13.2 Å². The lowest BCUT2D eigenvalue weighted by Gasteiger charge is -2.00. The SMILES string of the molecule is NCCOC(=O)CCC1CC1. The van der Waals surface area contributed by atoms with Crippen LogP contribution in [-0.4, -0.2) is 19.1 Å².